The van der Waals surface area contributed by atoms with Gasteiger partial charge in [0.2, 0.25) is 11.8 Å². The van der Waals surface area contributed by atoms with E-state index in [1.807, 2.05) is 42.5 Å². The normalized spacial score (nSPS) is 13.8. The zero-order valence-electron chi connectivity index (χ0n) is 16.7. The summed E-state index contributed by atoms with van der Waals surface area (Å²) in [5, 5.41) is 8.88. The monoisotopic (exact) mass is 412 g/mol. The van der Waals surface area contributed by atoms with Gasteiger partial charge in [-0.05, 0) is 42.0 Å². The number of benzene rings is 3. The summed E-state index contributed by atoms with van der Waals surface area (Å²) in [6.07, 6.45) is 0. The first kappa shape index (κ1) is 19.9. The molecule has 7 nitrogen and oxygen atoms in total. The summed E-state index contributed by atoms with van der Waals surface area (Å²) in [6, 6.07) is 21.6. The van der Waals surface area contributed by atoms with Crippen LogP contribution in [0.15, 0.2) is 72.8 Å². The molecule has 7 heteroatoms. The molecule has 5 N–H and O–H groups in total. The predicted octanol–water partition coefficient (Wildman–Crippen LogP) is 3.68. The lowest BCUT2D eigenvalue weighted by Crippen LogP contribution is -2.11. The van der Waals surface area contributed by atoms with E-state index in [9.17, 15) is 14.4 Å². The highest BCUT2D eigenvalue weighted by molar-refractivity contribution is 6.37. The van der Waals surface area contributed by atoms with Crippen molar-refractivity contribution in [2.75, 3.05) is 16.0 Å². The summed E-state index contributed by atoms with van der Waals surface area (Å²) in [6.45, 7) is 1.45. The second kappa shape index (κ2) is 8.16. The topological polar surface area (TPSA) is 113 Å². The van der Waals surface area contributed by atoms with Gasteiger partial charge in [0.25, 0.3) is 5.91 Å². The molecule has 31 heavy (non-hydrogen) atoms. The van der Waals surface area contributed by atoms with Gasteiger partial charge in [0.1, 0.15) is 0 Å². The number of rotatable bonds is 5. The number of fused-ring (bicyclic) bond motifs is 1. The van der Waals surface area contributed by atoms with Crippen molar-refractivity contribution in [2.45, 2.75) is 6.92 Å². The molecule has 4 rings (SSSR count). The Morgan fingerprint density at radius 1 is 0.839 bits per heavy atom. The number of hydrogen-bond acceptors (Lipinski definition) is 4. The van der Waals surface area contributed by atoms with Crippen molar-refractivity contribution in [1.29, 1.82) is 0 Å². The molecule has 1 aliphatic rings. The van der Waals surface area contributed by atoms with E-state index in [1.54, 1.807) is 30.3 Å². The number of anilines is 3. The molecule has 0 unspecified atom stereocenters. The number of carbonyl (C=O) groups is 3. The summed E-state index contributed by atoms with van der Waals surface area (Å²) >= 11 is 0. The van der Waals surface area contributed by atoms with Crippen molar-refractivity contribution in [3.63, 3.8) is 0 Å². The maximum Gasteiger partial charge on any atom is 0.258 e. The van der Waals surface area contributed by atoms with Gasteiger partial charge in [-0.15, -0.1) is 0 Å². The van der Waals surface area contributed by atoms with Gasteiger partial charge < -0.3 is 21.7 Å². The Hall–Kier alpha value is -4.39. The smallest absolute Gasteiger partial charge is 0.258 e. The van der Waals surface area contributed by atoms with Crippen molar-refractivity contribution in [2.24, 2.45) is 5.73 Å². The van der Waals surface area contributed by atoms with Crippen LogP contribution in [0.4, 0.5) is 17.1 Å². The molecule has 154 valence electrons. The Morgan fingerprint density at radius 3 is 2.10 bits per heavy atom. The van der Waals surface area contributed by atoms with Gasteiger partial charge >= 0.3 is 0 Å². The third-order valence-corrected chi connectivity index (χ3v) is 4.84. The summed E-state index contributed by atoms with van der Waals surface area (Å²) in [7, 11) is 0. The van der Waals surface area contributed by atoms with Gasteiger partial charge in [-0.1, -0.05) is 36.4 Å². The molecule has 0 fully saturated rings. The molecule has 0 saturated carbocycles. The lowest BCUT2D eigenvalue weighted by molar-refractivity contribution is -0.114. The zero-order valence-corrected chi connectivity index (χ0v) is 16.7. The lowest BCUT2D eigenvalue weighted by atomic mass is 9.99. The highest BCUT2D eigenvalue weighted by Crippen LogP contribution is 2.38. The van der Waals surface area contributed by atoms with Gasteiger partial charge in [0, 0.05) is 35.1 Å². The van der Waals surface area contributed by atoms with E-state index in [-0.39, 0.29) is 11.8 Å². The number of hydrogen-bond donors (Lipinski definition) is 4. The number of nitrogens with one attached hydrogen (secondary N) is 3. The predicted molar refractivity (Wildman–Crippen MR) is 121 cm³/mol. The quantitative estimate of drug-likeness (QED) is 0.479. The Labute approximate surface area is 179 Å². The van der Waals surface area contributed by atoms with Crippen molar-refractivity contribution in [3.8, 4) is 0 Å². The second-order valence-corrected chi connectivity index (χ2v) is 7.08. The third kappa shape index (κ3) is 4.16. The second-order valence-electron chi connectivity index (χ2n) is 7.08. The van der Waals surface area contributed by atoms with Crippen LogP contribution in [0.25, 0.3) is 11.3 Å². The lowest BCUT2D eigenvalue weighted by Gasteiger charge is -2.15. The molecule has 3 aromatic carbocycles. The largest absolute Gasteiger partial charge is 0.366 e. The average molecular weight is 412 g/mol. The Balaban J connectivity index is 1.80. The standard InChI is InChI=1S/C24H20N4O3/c1-14(29)26-17-8-10-18(11-9-17)27-22(15-5-3-2-4-6-15)21-19-12-7-16(23(25)30)13-20(19)28-24(21)31/h2-13,27H,1H3,(H2,25,30)(H,26,29)(H,28,31)/b22-21-. The Bertz CT molecular complexity index is 1220. The fourth-order valence-electron chi connectivity index (χ4n) is 3.44. The van der Waals surface area contributed by atoms with E-state index < -0.39 is 5.91 Å². The molecular weight excluding hydrogens is 392 g/mol. The van der Waals surface area contributed by atoms with Crippen molar-refractivity contribution in [3.05, 3.63) is 89.5 Å². The number of carbonyl (C=O) groups excluding carboxylic acids is 3. The van der Waals surface area contributed by atoms with Gasteiger partial charge in [-0.2, -0.15) is 0 Å². The first-order valence-corrected chi connectivity index (χ1v) is 9.62. The van der Waals surface area contributed by atoms with E-state index in [0.717, 1.165) is 11.3 Å². The minimum atomic E-state index is -0.560. The van der Waals surface area contributed by atoms with Crippen LogP contribution < -0.4 is 21.7 Å². The molecule has 3 amide bonds. The highest BCUT2D eigenvalue weighted by Gasteiger charge is 2.29. The minimum Gasteiger partial charge on any atom is -0.366 e. The molecule has 1 heterocycles. The van der Waals surface area contributed by atoms with Gasteiger partial charge in [-0.25, -0.2) is 0 Å². The van der Waals surface area contributed by atoms with Crippen LogP contribution in [0.5, 0.6) is 0 Å². The minimum absolute atomic E-state index is 0.151. The molecular formula is C24H20N4O3. The molecule has 1 aliphatic heterocycles. The Morgan fingerprint density at radius 2 is 1.48 bits per heavy atom. The van der Waals surface area contributed by atoms with Crippen LogP contribution >= 0.6 is 0 Å². The first-order valence-electron chi connectivity index (χ1n) is 9.62. The molecule has 0 atom stereocenters. The summed E-state index contributed by atoms with van der Waals surface area (Å²) in [5.74, 6) is -0.990. The number of primary amides is 1. The molecule has 3 aromatic rings. The number of nitrogens with two attached hydrogens (primary N) is 1. The molecule has 0 bridgehead atoms. The van der Waals surface area contributed by atoms with Crippen LogP contribution in [0.3, 0.4) is 0 Å². The summed E-state index contributed by atoms with van der Waals surface area (Å²) < 4.78 is 0. The zero-order chi connectivity index (χ0) is 22.0. The van der Waals surface area contributed by atoms with E-state index in [4.69, 9.17) is 5.73 Å². The van der Waals surface area contributed by atoms with Crippen LogP contribution in [0.2, 0.25) is 0 Å². The summed E-state index contributed by atoms with van der Waals surface area (Å²) in [5.41, 5.74) is 10.2. The van der Waals surface area contributed by atoms with Crippen LogP contribution in [0, 0.1) is 0 Å². The SMILES string of the molecule is CC(=O)Nc1ccc(N/C(=C2\C(=O)Nc3cc(C(N)=O)ccc32)c2ccccc2)cc1. The third-order valence-electron chi connectivity index (χ3n) is 4.84. The molecule has 0 aromatic heterocycles. The van der Waals surface area contributed by atoms with Gasteiger partial charge in [0.15, 0.2) is 0 Å². The van der Waals surface area contributed by atoms with E-state index in [0.29, 0.717) is 33.8 Å². The summed E-state index contributed by atoms with van der Waals surface area (Å²) in [4.78, 5) is 35.7. The van der Waals surface area contributed by atoms with E-state index >= 15 is 0 Å². The maximum atomic E-state index is 12.9. The first-order chi connectivity index (χ1) is 14.9. The molecule has 0 aliphatic carbocycles. The maximum absolute atomic E-state index is 12.9. The van der Waals surface area contributed by atoms with Crippen LogP contribution in [-0.2, 0) is 9.59 Å². The fourth-order valence-corrected chi connectivity index (χ4v) is 3.44. The van der Waals surface area contributed by atoms with Crippen molar-refractivity contribution >= 4 is 46.1 Å². The van der Waals surface area contributed by atoms with E-state index in [2.05, 4.69) is 16.0 Å². The average Bonchev–Trinajstić information content (AvgIpc) is 3.08. The molecule has 0 radical (unpaired) electrons. The van der Waals surface area contributed by atoms with Crippen LogP contribution in [0.1, 0.15) is 28.4 Å². The van der Waals surface area contributed by atoms with Crippen LogP contribution in [-0.4, -0.2) is 17.7 Å². The van der Waals surface area contributed by atoms with Crippen molar-refractivity contribution in [1.82, 2.24) is 0 Å². The highest BCUT2D eigenvalue weighted by atomic mass is 16.2. The molecule has 0 spiro atoms. The van der Waals surface area contributed by atoms with E-state index in [1.165, 1.54) is 6.92 Å². The number of amides is 3. The van der Waals surface area contributed by atoms with Gasteiger partial charge in [0.05, 0.1) is 11.3 Å². The molecule has 0 saturated heterocycles. The van der Waals surface area contributed by atoms with Gasteiger partial charge in [-0.3, -0.25) is 14.4 Å². The fraction of sp³-hybridized carbons (Fsp3) is 0.0417. The van der Waals surface area contributed by atoms with Crippen molar-refractivity contribution < 1.29 is 14.4 Å². The Kier molecular flexibility index (Phi) is 5.24.